The Bertz CT molecular complexity index is 2130. The molecule has 6 aromatic carbocycles. The van der Waals surface area contributed by atoms with E-state index < -0.39 is 0 Å². The molecule has 0 aliphatic heterocycles. The molecule has 206 valence electrons. The van der Waals surface area contributed by atoms with Crippen molar-refractivity contribution in [3.8, 4) is 44.5 Å². The van der Waals surface area contributed by atoms with Gasteiger partial charge in [0.1, 0.15) is 11.2 Å². The van der Waals surface area contributed by atoms with Crippen LogP contribution in [0.25, 0.3) is 66.4 Å². The van der Waals surface area contributed by atoms with Crippen LogP contribution in [0.3, 0.4) is 0 Å². The first kappa shape index (κ1) is 24.7. The summed E-state index contributed by atoms with van der Waals surface area (Å²) in [5.74, 6) is 0. The van der Waals surface area contributed by atoms with Crippen LogP contribution in [0, 0.1) is 0 Å². The van der Waals surface area contributed by atoms with Gasteiger partial charge in [-0.2, -0.15) is 0 Å². The number of hydrogen-bond acceptors (Lipinski definition) is 1. The zero-order chi connectivity index (χ0) is 29.1. The molecule has 0 saturated heterocycles. The summed E-state index contributed by atoms with van der Waals surface area (Å²) in [6, 6.07) is 44.9. The van der Waals surface area contributed by atoms with Crippen molar-refractivity contribution < 1.29 is 4.42 Å². The zero-order valence-corrected chi connectivity index (χ0v) is 25.0. The molecule has 43 heavy (non-hydrogen) atoms. The van der Waals surface area contributed by atoms with Crippen LogP contribution in [0.4, 0.5) is 0 Å². The van der Waals surface area contributed by atoms with Gasteiger partial charge >= 0.3 is 0 Å². The van der Waals surface area contributed by atoms with E-state index in [2.05, 4.69) is 149 Å². The predicted molar refractivity (Wildman–Crippen MR) is 180 cm³/mol. The van der Waals surface area contributed by atoms with E-state index in [0.717, 1.165) is 21.9 Å². The fraction of sp³-hybridized carbons (Fsp3) is 0.143. The summed E-state index contributed by atoms with van der Waals surface area (Å²) >= 11 is 0. The molecule has 7 aromatic rings. The fourth-order valence-electron chi connectivity index (χ4n) is 7.90. The zero-order valence-electron chi connectivity index (χ0n) is 25.0. The second-order valence-corrected chi connectivity index (χ2v) is 13.4. The summed E-state index contributed by atoms with van der Waals surface area (Å²) in [6.07, 6.45) is 0. The molecule has 1 heterocycles. The second-order valence-electron chi connectivity index (χ2n) is 13.4. The van der Waals surface area contributed by atoms with Gasteiger partial charge in [-0.1, -0.05) is 113 Å². The van der Waals surface area contributed by atoms with Crippen LogP contribution in [0.1, 0.15) is 49.9 Å². The molecule has 0 bridgehead atoms. The maximum atomic E-state index is 6.33. The quantitative estimate of drug-likeness (QED) is 0.208. The summed E-state index contributed by atoms with van der Waals surface area (Å²) < 4.78 is 6.33. The topological polar surface area (TPSA) is 13.1 Å². The molecule has 0 spiro atoms. The summed E-state index contributed by atoms with van der Waals surface area (Å²) in [6.45, 7) is 9.37. The molecule has 0 amide bonds. The van der Waals surface area contributed by atoms with E-state index in [1.54, 1.807) is 0 Å². The van der Waals surface area contributed by atoms with Crippen LogP contribution in [0.5, 0.6) is 0 Å². The molecule has 0 atom stereocenters. The largest absolute Gasteiger partial charge is 0.456 e. The van der Waals surface area contributed by atoms with Gasteiger partial charge in [0.05, 0.1) is 0 Å². The average molecular weight is 553 g/mol. The normalized spacial score (nSPS) is 15.3. The number of hydrogen-bond donors (Lipinski definition) is 0. The van der Waals surface area contributed by atoms with E-state index in [0.29, 0.717) is 0 Å². The highest BCUT2D eigenvalue weighted by Gasteiger charge is 2.36. The van der Waals surface area contributed by atoms with E-state index in [1.165, 1.54) is 66.8 Å². The van der Waals surface area contributed by atoms with Crippen molar-refractivity contribution in [2.24, 2.45) is 0 Å². The van der Waals surface area contributed by atoms with Crippen molar-refractivity contribution in [3.63, 3.8) is 0 Å². The lowest BCUT2D eigenvalue weighted by atomic mass is 9.81. The molecule has 0 fully saturated rings. The third kappa shape index (κ3) is 3.34. The van der Waals surface area contributed by atoms with Crippen LogP contribution in [0.2, 0.25) is 0 Å². The Kier molecular flexibility index (Phi) is 4.80. The van der Waals surface area contributed by atoms with E-state index >= 15 is 0 Å². The molecular formula is C42H32O. The molecule has 1 heteroatoms. The van der Waals surface area contributed by atoms with Crippen molar-refractivity contribution in [1.82, 2.24) is 0 Å². The van der Waals surface area contributed by atoms with Gasteiger partial charge in [0.15, 0.2) is 0 Å². The van der Waals surface area contributed by atoms with Crippen LogP contribution in [-0.4, -0.2) is 0 Å². The minimum absolute atomic E-state index is 0.0188. The average Bonchev–Trinajstić information content (AvgIpc) is 3.60. The number of fused-ring (bicyclic) bond motifs is 9. The SMILES string of the molecule is CC1(C)c2ccccc2-c2ccc(-c3ccc4oc5ccc(-c6ccc7c(c6)C(C)(C)c6ccccc6-7)cc5c4c3)cc21. The van der Waals surface area contributed by atoms with E-state index in [9.17, 15) is 0 Å². The van der Waals surface area contributed by atoms with Gasteiger partial charge < -0.3 is 4.42 Å². The number of furan rings is 1. The number of rotatable bonds is 2. The highest BCUT2D eigenvalue weighted by Crippen LogP contribution is 2.51. The van der Waals surface area contributed by atoms with Crippen molar-refractivity contribution in [2.75, 3.05) is 0 Å². The Morgan fingerprint density at radius 3 is 1.21 bits per heavy atom. The molecule has 0 unspecified atom stereocenters. The third-order valence-corrected chi connectivity index (χ3v) is 10.3. The molecular weight excluding hydrogens is 520 g/mol. The summed E-state index contributed by atoms with van der Waals surface area (Å²) in [5, 5.41) is 2.32. The minimum Gasteiger partial charge on any atom is -0.456 e. The lowest BCUT2D eigenvalue weighted by Gasteiger charge is -2.22. The van der Waals surface area contributed by atoms with E-state index in [-0.39, 0.29) is 10.8 Å². The smallest absolute Gasteiger partial charge is 0.135 e. The lowest BCUT2D eigenvalue weighted by molar-refractivity contribution is 0.660. The molecule has 0 radical (unpaired) electrons. The van der Waals surface area contributed by atoms with Crippen molar-refractivity contribution in [2.45, 2.75) is 38.5 Å². The Balaban J connectivity index is 1.15. The molecule has 9 rings (SSSR count). The van der Waals surface area contributed by atoms with Crippen LogP contribution in [-0.2, 0) is 10.8 Å². The van der Waals surface area contributed by atoms with Crippen LogP contribution in [0.15, 0.2) is 126 Å². The van der Waals surface area contributed by atoms with E-state index in [4.69, 9.17) is 4.42 Å². The van der Waals surface area contributed by atoms with Crippen molar-refractivity contribution >= 4 is 21.9 Å². The van der Waals surface area contributed by atoms with E-state index in [1.807, 2.05) is 0 Å². The summed E-state index contributed by atoms with van der Waals surface area (Å²) in [4.78, 5) is 0. The highest BCUT2D eigenvalue weighted by atomic mass is 16.3. The Morgan fingerprint density at radius 1 is 0.372 bits per heavy atom. The fourth-order valence-corrected chi connectivity index (χ4v) is 7.90. The molecule has 0 saturated carbocycles. The second kappa shape index (κ2) is 8.36. The van der Waals surface area contributed by atoms with Crippen LogP contribution >= 0.6 is 0 Å². The first-order valence-corrected chi connectivity index (χ1v) is 15.3. The summed E-state index contributed by atoms with van der Waals surface area (Å²) in [5.41, 5.74) is 17.8. The maximum absolute atomic E-state index is 6.33. The minimum atomic E-state index is -0.0188. The molecule has 2 aliphatic rings. The van der Waals surface area contributed by atoms with Gasteiger partial charge in [-0.05, 0) is 103 Å². The Labute approximate surface area is 252 Å². The highest BCUT2D eigenvalue weighted by molar-refractivity contribution is 6.07. The first-order chi connectivity index (χ1) is 20.8. The Morgan fingerprint density at radius 2 is 0.744 bits per heavy atom. The Hall–Kier alpha value is -4.88. The predicted octanol–water partition coefficient (Wildman–Crippen LogP) is 11.5. The van der Waals surface area contributed by atoms with Gasteiger partial charge in [-0.3, -0.25) is 0 Å². The number of benzene rings is 6. The molecule has 0 N–H and O–H groups in total. The van der Waals surface area contributed by atoms with Gasteiger partial charge in [0, 0.05) is 21.6 Å². The van der Waals surface area contributed by atoms with Crippen molar-refractivity contribution in [3.05, 3.63) is 144 Å². The summed E-state index contributed by atoms with van der Waals surface area (Å²) in [7, 11) is 0. The van der Waals surface area contributed by atoms with Gasteiger partial charge in [-0.25, -0.2) is 0 Å². The molecule has 1 aromatic heterocycles. The van der Waals surface area contributed by atoms with Gasteiger partial charge in [0.25, 0.3) is 0 Å². The maximum Gasteiger partial charge on any atom is 0.135 e. The van der Waals surface area contributed by atoms with Crippen LogP contribution < -0.4 is 0 Å². The molecule has 1 nitrogen and oxygen atoms in total. The first-order valence-electron chi connectivity index (χ1n) is 15.3. The standard InChI is InChI=1S/C42H32O/c1-41(2)35-11-7-5-9-29(35)31-17-13-27(23-37(31)41)25-15-19-39-33(21-25)34-22-26(16-20-40(34)43-39)28-14-18-32-30-10-6-8-12-36(30)42(3,4)38(32)24-28/h5-24H,1-4H3. The third-order valence-electron chi connectivity index (χ3n) is 10.3. The van der Waals surface area contributed by atoms with Crippen molar-refractivity contribution in [1.29, 1.82) is 0 Å². The van der Waals surface area contributed by atoms with Gasteiger partial charge in [-0.15, -0.1) is 0 Å². The molecule has 2 aliphatic carbocycles. The van der Waals surface area contributed by atoms with Gasteiger partial charge in [0.2, 0.25) is 0 Å². The monoisotopic (exact) mass is 552 g/mol. The lowest BCUT2D eigenvalue weighted by Crippen LogP contribution is -2.14.